The van der Waals surface area contributed by atoms with Gasteiger partial charge in [-0.3, -0.25) is 0 Å². The maximum absolute atomic E-state index is 12.4. The molecule has 0 aliphatic carbocycles. The minimum Gasteiger partial charge on any atom is -0.478 e. The van der Waals surface area contributed by atoms with Crippen LogP contribution in [0.5, 0.6) is 0 Å². The number of nitrogens with one attached hydrogen (secondary N) is 1. The van der Waals surface area contributed by atoms with Gasteiger partial charge >= 0.3 is 12.1 Å². The number of carboxylic acid groups (broad SMARTS) is 1. The van der Waals surface area contributed by atoms with Crippen LogP contribution in [0.25, 0.3) is 0 Å². The van der Waals surface area contributed by atoms with Crippen molar-refractivity contribution in [2.45, 2.75) is 6.18 Å². The van der Waals surface area contributed by atoms with Crippen molar-refractivity contribution in [3.8, 4) is 0 Å². The van der Waals surface area contributed by atoms with Gasteiger partial charge < -0.3 is 16.2 Å². The Balaban J connectivity index is 2.27. The summed E-state index contributed by atoms with van der Waals surface area (Å²) in [6.45, 7) is 0. The molecule has 0 spiro atoms. The second-order valence-electron chi connectivity index (χ2n) is 4.27. The Morgan fingerprint density at radius 3 is 2.24 bits per heavy atom. The molecular formula is C14H11F3N2O2. The molecular weight excluding hydrogens is 285 g/mol. The van der Waals surface area contributed by atoms with Crippen LogP contribution in [-0.4, -0.2) is 11.1 Å². The van der Waals surface area contributed by atoms with E-state index >= 15 is 0 Å². The zero-order valence-corrected chi connectivity index (χ0v) is 10.6. The summed E-state index contributed by atoms with van der Waals surface area (Å²) >= 11 is 0. The van der Waals surface area contributed by atoms with Crippen LogP contribution in [0, 0.1) is 0 Å². The third-order valence-corrected chi connectivity index (χ3v) is 2.83. The predicted molar refractivity (Wildman–Crippen MR) is 72.5 cm³/mol. The molecule has 2 aromatic carbocycles. The fourth-order valence-electron chi connectivity index (χ4n) is 1.76. The van der Waals surface area contributed by atoms with E-state index < -0.39 is 17.7 Å². The number of nitrogen functional groups attached to an aromatic ring is 1. The summed E-state index contributed by atoms with van der Waals surface area (Å²) in [6.07, 6.45) is -4.40. The van der Waals surface area contributed by atoms with Gasteiger partial charge in [0, 0.05) is 5.69 Å². The molecule has 0 radical (unpaired) electrons. The molecule has 2 aromatic rings. The molecule has 0 saturated heterocycles. The van der Waals surface area contributed by atoms with Crippen LogP contribution in [0.1, 0.15) is 15.9 Å². The van der Waals surface area contributed by atoms with E-state index in [1.807, 2.05) is 0 Å². The first-order valence-electron chi connectivity index (χ1n) is 5.85. The van der Waals surface area contributed by atoms with Gasteiger partial charge in [-0.25, -0.2) is 4.79 Å². The molecule has 4 nitrogen and oxygen atoms in total. The average molecular weight is 296 g/mol. The lowest BCUT2D eigenvalue weighted by molar-refractivity contribution is -0.137. The molecule has 0 atom stereocenters. The summed E-state index contributed by atoms with van der Waals surface area (Å²) in [5, 5.41) is 11.7. The highest BCUT2D eigenvalue weighted by molar-refractivity contribution is 5.97. The van der Waals surface area contributed by atoms with E-state index in [1.54, 1.807) is 6.07 Å². The number of alkyl halides is 3. The fourth-order valence-corrected chi connectivity index (χ4v) is 1.76. The number of benzene rings is 2. The first-order valence-corrected chi connectivity index (χ1v) is 5.85. The van der Waals surface area contributed by atoms with Crippen LogP contribution in [0.4, 0.5) is 30.2 Å². The van der Waals surface area contributed by atoms with Gasteiger partial charge in [0.2, 0.25) is 0 Å². The smallest absolute Gasteiger partial charge is 0.416 e. The number of halogens is 3. The number of rotatable bonds is 3. The summed E-state index contributed by atoms with van der Waals surface area (Å²) in [5.41, 5.74) is 5.57. The van der Waals surface area contributed by atoms with Crippen molar-refractivity contribution in [3.05, 3.63) is 53.6 Å². The van der Waals surface area contributed by atoms with Gasteiger partial charge in [-0.15, -0.1) is 0 Å². The largest absolute Gasteiger partial charge is 0.478 e. The SMILES string of the molecule is Nc1c(Nc2ccc(C(F)(F)F)cc2)cccc1C(=O)O. The molecule has 4 N–H and O–H groups in total. The van der Waals surface area contributed by atoms with E-state index in [0.717, 1.165) is 12.1 Å². The zero-order valence-electron chi connectivity index (χ0n) is 10.6. The van der Waals surface area contributed by atoms with Crippen molar-refractivity contribution < 1.29 is 23.1 Å². The molecule has 0 unspecified atom stereocenters. The Hall–Kier alpha value is -2.70. The van der Waals surface area contributed by atoms with E-state index in [-0.39, 0.29) is 11.3 Å². The first kappa shape index (κ1) is 14.7. The third-order valence-electron chi connectivity index (χ3n) is 2.83. The maximum Gasteiger partial charge on any atom is 0.416 e. The van der Waals surface area contributed by atoms with Gasteiger partial charge in [0.05, 0.1) is 22.5 Å². The number of aromatic carboxylic acids is 1. The molecule has 0 aromatic heterocycles. The van der Waals surface area contributed by atoms with E-state index in [2.05, 4.69) is 5.32 Å². The summed E-state index contributed by atoms with van der Waals surface area (Å²) in [4.78, 5) is 10.9. The van der Waals surface area contributed by atoms with Gasteiger partial charge in [-0.2, -0.15) is 13.2 Å². The minimum absolute atomic E-state index is 0.0184. The summed E-state index contributed by atoms with van der Waals surface area (Å²) in [6, 6.07) is 8.73. The lowest BCUT2D eigenvalue weighted by atomic mass is 10.1. The third kappa shape index (κ3) is 3.25. The number of hydrogen-bond donors (Lipinski definition) is 3. The van der Waals surface area contributed by atoms with Crippen LogP contribution in [0.15, 0.2) is 42.5 Å². The number of carboxylic acids is 1. The number of para-hydroxylation sites is 1. The number of nitrogens with two attached hydrogens (primary N) is 1. The fraction of sp³-hybridized carbons (Fsp3) is 0.0714. The van der Waals surface area contributed by atoms with E-state index in [9.17, 15) is 18.0 Å². The van der Waals surface area contributed by atoms with Crippen molar-refractivity contribution in [3.63, 3.8) is 0 Å². The second-order valence-corrected chi connectivity index (χ2v) is 4.27. The molecule has 0 bridgehead atoms. The highest BCUT2D eigenvalue weighted by Gasteiger charge is 2.29. The van der Waals surface area contributed by atoms with Gasteiger partial charge in [-0.05, 0) is 36.4 Å². The molecule has 7 heteroatoms. The maximum atomic E-state index is 12.4. The zero-order chi connectivity index (χ0) is 15.6. The topological polar surface area (TPSA) is 75.3 Å². The predicted octanol–water partition coefficient (Wildman–Crippen LogP) is 3.73. The highest BCUT2D eigenvalue weighted by Crippen LogP contribution is 2.31. The van der Waals surface area contributed by atoms with E-state index in [4.69, 9.17) is 10.8 Å². The number of carbonyl (C=O) groups is 1. The molecule has 0 saturated carbocycles. The van der Waals surface area contributed by atoms with Crippen molar-refractivity contribution in [1.82, 2.24) is 0 Å². The van der Waals surface area contributed by atoms with E-state index in [1.165, 1.54) is 24.3 Å². The lowest BCUT2D eigenvalue weighted by Gasteiger charge is -2.12. The van der Waals surface area contributed by atoms with Crippen LogP contribution >= 0.6 is 0 Å². The average Bonchev–Trinajstić information content (AvgIpc) is 2.40. The molecule has 0 heterocycles. The highest BCUT2D eigenvalue weighted by atomic mass is 19.4. The van der Waals surface area contributed by atoms with Gasteiger partial charge in [-0.1, -0.05) is 6.07 Å². The Kier molecular flexibility index (Phi) is 3.75. The van der Waals surface area contributed by atoms with Crippen molar-refractivity contribution in [2.24, 2.45) is 0 Å². The second kappa shape index (κ2) is 5.35. The summed E-state index contributed by atoms with van der Waals surface area (Å²) < 4.78 is 37.3. The number of anilines is 3. The molecule has 21 heavy (non-hydrogen) atoms. The molecule has 110 valence electrons. The Morgan fingerprint density at radius 2 is 1.71 bits per heavy atom. The molecule has 0 aliphatic heterocycles. The van der Waals surface area contributed by atoms with Crippen molar-refractivity contribution in [2.75, 3.05) is 11.1 Å². The lowest BCUT2D eigenvalue weighted by Crippen LogP contribution is -2.06. The summed E-state index contributed by atoms with van der Waals surface area (Å²) in [7, 11) is 0. The van der Waals surface area contributed by atoms with Gasteiger partial charge in [0.15, 0.2) is 0 Å². The van der Waals surface area contributed by atoms with Crippen LogP contribution in [0.3, 0.4) is 0 Å². The standard InChI is InChI=1S/C14H11F3N2O2/c15-14(16,17)8-4-6-9(7-5-8)19-11-3-1-2-10(12(11)18)13(20)21/h1-7,19H,18H2,(H,20,21). The van der Waals surface area contributed by atoms with Crippen LogP contribution < -0.4 is 11.1 Å². The molecule has 0 fully saturated rings. The van der Waals surface area contributed by atoms with Crippen LogP contribution in [-0.2, 0) is 6.18 Å². The Labute approximate surface area is 118 Å². The molecule has 0 aliphatic rings. The van der Waals surface area contributed by atoms with Crippen molar-refractivity contribution in [1.29, 1.82) is 0 Å². The molecule has 0 amide bonds. The monoisotopic (exact) mass is 296 g/mol. The normalized spacial score (nSPS) is 11.2. The molecule has 2 rings (SSSR count). The Bertz CT molecular complexity index is 667. The van der Waals surface area contributed by atoms with E-state index in [0.29, 0.717) is 11.4 Å². The minimum atomic E-state index is -4.40. The van der Waals surface area contributed by atoms with Gasteiger partial charge in [0.1, 0.15) is 0 Å². The van der Waals surface area contributed by atoms with Crippen LogP contribution in [0.2, 0.25) is 0 Å². The Morgan fingerprint density at radius 1 is 1.10 bits per heavy atom. The first-order chi connectivity index (χ1) is 9.79. The summed E-state index contributed by atoms with van der Waals surface area (Å²) in [5.74, 6) is -1.18. The van der Waals surface area contributed by atoms with Gasteiger partial charge in [0.25, 0.3) is 0 Å². The quantitative estimate of drug-likeness (QED) is 0.754. The number of hydrogen-bond acceptors (Lipinski definition) is 3. The van der Waals surface area contributed by atoms with Crippen molar-refractivity contribution >= 4 is 23.0 Å².